The topological polar surface area (TPSA) is 141 Å². The van der Waals surface area contributed by atoms with Gasteiger partial charge in [0.15, 0.2) is 11.6 Å². The molecule has 28 heavy (non-hydrogen) atoms. The summed E-state index contributed by atoms with van der Waals surface area (Å²) >= 11 is 0. The van der Waals surface area contributed by atoms with Crippen molar-refractivity contribution in [3.63, 3.8) is 0 Å². The molecule has 4 N–H and O–H groups in total. The van der Waals surface area contributed by atoms with E-state index in [1.165, 1.54) is 0 Å². The van der Waals surface area contributed by atoms with Crippen LogP contribution in [-0.2, 0) is 19.7 Å². The Bertz CT molecular complexity index is 1130. The molecule has 1 aromatic carbocycles. The van der Waals surface area contributed by atoms with E-state index in [0.717, 1.165) is 22.2 Å². The van der Waals surface area contributed by atoms with Crippen LogP contribution >= 0.6 is 0 Å². The number of aromatic nitrogens is 6. The summed E-state index contributed by atoms with van der Waals surface area (Å²) in [5.41, 5.74) is 10.3. The van der Waals surface area contributed by atoms with Crippen molar-refractivity contribution in [3.8, 4) is 0 Å². The highest BCUT2D eigenvalue weighted by atomic mass is 16.5. The number of benzene rings is 1. The molecule has 0 fully saturated rings. The molecule has 0 saturated heterocycles. The van der Waals surface area contributed by atoms with Crippen molar-refractivity contribution in [2.24, 2.45) is 0 Å². The van der Waals surface area contributed by atoms with Gasteiger partial charge in [0, 0.05) is 6.92 Å². The summed E-state index contributed by atoms with van der Waals surface area (Å²) in [5, 5.41) is 20.8. The fraction of sp³-hybridized carbons (Fsp3) is 0.278. The molecular formula is C18H20N8O2. The molecule has 0 aliphatic rings. The van der Waals surface area contributed by atoms with Crippen LogP contribution in [0.15, 0.2) is 28.9 Å². The first-order chi connectivity index (χ1) is 13.5. The minimum Gasteiger partial charge on any atom is -0.392 e. The molecule has 0 radical (unpaired) electrons. The lowest BCUT2D eigenvalue weighted by atomic mass is 10.1. The lowest BCUT2D eigenvalue weighted by Gasteiger charge is -2.11. The quantitative estimate of drug-likeness (QED) is 0.454. The summed E-state index contributed by atoms with van der Waals surface area (Å²) in [4.78, 5) is 12.8. The number of anilines is 2. The molecular weight excluding hydrogens is 360 g/mol. The summed E-state index contributed by atoms with van der Waals surface area (Å²) < 4.78 is 6.81. The number of aryl methyl sites for hydroxylation is 2. The third kappa shape index (κ3) is 3.49. The van der Waals surface area contributed by atoms with Gasteiger partial charge in [-0.3, -0.25) is 4.68 Å². The highest BCUT2D eigenvalue weighted by Crippen LogP contribution is 2.23. The Hall–Kier alpha value is -3.53. The van der Waals surface area contributed by atoms with Gasteiger partial charge in [-0.15, -0.1) is 0 Å². The Morgan fingerprint density at radius 1 is 1.21 bits per heavy atom. The number of nitrogens with zero attached hydrogens (tertiary/aromatic N) is 6. The summed E-state index contributed by atoms with van der Waals surface area (Å²) in [6, 6.07) is 5.86. The largest absolute Gasteiger partial charge is 0.392 e. The molecule has 0 bridgehead atoms. The van der Waals surface area contributed by atoms with Gasteiger partial charge in [0.2, 0.25) is 11.8 Å². The second-order valence-electron chi connectivity index (χ2n) is 6.47. The number of nitrogens with two attached hydrogens (primary N) is 1. The molecule has 0 saturated carbocycles. The molecule has 0 atom stereocenters. The van der Waals surface area contributed by atoms with E-state index in [0.29, 0.717) is 36.1 Å². The molecule has 3 aromatic heterocycles. The number of nitrogens with one attached hydrogen (secondary N) is 1. The van der Waals surface area contributed by atoms with Crippen LogP contribution in [0.3, 0.4) is 0 Å². The van der Waals surface area contributed by atoms with Crippen molar-refractivity contribution in [3.05, 3.63) is 52.8 Å². The second kappa shape index (κ2) is 7.24. The number of aliphatic hydroxyl groups excluding tert-OH is 1. The first-order valence-electron chi connectivity index (χ1n) is 8.75. The van der Waals surface area contributed by atoms with Crippen molar-refractivity contribution in [2.75, 3.05) is 11.1 Å². The molecule has 0 amide bonds. The zero-order chi connectivity index (χ0) is 19.7. The molecule has 3 heterocycles. The first-order valence-corrected chi connectivity index (χ1v) is 8.75. The highest BCUT2D eigenvalue weighted by Gasteiger charge is 2.14. The Labute approximate surface area is 160 Å². The lowest BCUT2D eigenvalue weighted by molar-refractivity contribution is 0.281. The fourth-order valence-electron chi connectivity index (χ4n) is 3.03. The molecule has 10 nitrogen and oxygen atoms in total. The van der Waals surface area contributed by atoms with Gasteiger partial charge in [-0.25, -0.2) is 4.98 Å². The van der Waals surface area contributed by atoms with Crippen molar-refractivity contribution in [1.29, 1.82) is 0 Å². The Morgan fingerprint density at radius 2 is 2.07 bits per heavy atom. The minimum atomic E-state index is 0.0164. The van der Waals surface area contributed by atoms with E-state index in [4.69, 9.17) is 10.3 Å². The van der Waals surface area contributed by atoms with Crippen LogP contribution in [0.1, 0.15) is 28.4 Å². The lowest BCUT2D eigenvalue weighted by Crippen LogP contribution is -2.10. The van der Waals surface area contributed by atoms with E-state index in [1.54, 1.807) is 13.1 Å². The molecule has 0 unspecified atom stereocenters. The smallest absolute Gasteiger partial charge is 0.223 e. The summed E-state index contributed by atoms with van der Waals surface area (Å²) in [6.45, 7) is 4.62. The molecule has 4 aromatic rings. The average Bonchev–Trinajstić information content (AvgIpc) is 3.27. The number of fused-ring (bicyclic) bond motifs is 1. The van der Waals surface area contributed by atoms with Crippen molar-refractivity contribution >= 4 is 22.8 Å². The van der Waals surface area contributed by atoms with Crippen LogP contribution in [0, 0.1) is 13.8 Å². The number of hydrogen-bond acceptors (Lipinski definition) is 9. The van der Waals surface area contributed by atoms with E-state index < -0.39 is 0 Å². The summed E-state index contributed by atoms with van der Waals surface area (Å²) in [7, 11) is 0. The molecule has 0 aliphatic heterocycles. The van der Waals surface area contributed by atoms with Gasteiger partial charge in [0.25, 0.3) is 0 Å². The minimum absolute atomic E-state index is 0.0164. The standard InChI is InChI=1S/C18H20N8O2/c1-10-5-12(9-27)3-4-13(10)8-26-16-14(6-21-26)23-18(19)24-17(16)20-7-15-22-11(2)28-25-15/h3-6,27H,7-9H2,1-2H3,(H3,19,20,23,24). The van der Waals surface area contributed by atoms with Crippen LogP contribution in [0.5, 0.6) is 0 Å². The van der Waals surface area contributed by atoms with Gasteiger partial charge in [0.1, 0.15) is 11.0 Å². The maximum absolute atomic E-state index is 9.30. The SMILES string of the molecule is Cc1nc(CNc2nc(N)nc3cnn(Cc4ccc(CO)cc4C)c23)no1. The molecule has 0 spiro atoms. The molecule has 144 valence electrons. The van der Waals surface area contributed by atoms with E-state index in [2.05, 4.69) is 30.5 Å². The van der Waals surface area contributed by atoms with Crippen molar-refractivity contribution in [2.45, 2.75) is 33.5 Å². The molecule has 10 heteroatoms. The summed E-state index contributed by atoms with van der Waals surface area (Å²) in [6.07, 6.45) is 1.66. The molecule has 0 aliphatic carbocycles. The van der Waals surface area contributed by atoms with Crippen LogP contribution in [-0.4, -0.2) is 35.0 Å². The Morgan fingerprint density at radius 3 is 2.79 bits per heavy atom. The maximum atomic E-state index is 9.30. The summed E-state index contributed by atoms with van der Waals surface area (Å²) in [5.74, 6) is 1.72. The van der Waals surface area contributed by atoms with Crippen LogP contribution in [0.4, 0.5) is 11.8 Å². The highest BCUT2D eigenvalue weighted by molar-refractivity contribution is 5.86. The third-order valence-corrected chi connectivity index (χ3v) is 4.40. The zero-order valence-electron chi connectivity index (χ0n) is 15.5. The van der Waals surface area contributed by atoms with E-state index in [9.17, 15) is 5.11 Å². The normalized spacial score (nSPS) is 11.2. The van der Waals surface area contributed by atoms with Gasteiger partial charge in [0.05, 0.1) is 25.9 Å². The average molecular weight is 380 g/mol. The van der Waals surface area contributed by atoms with Crippen LogP contribution < -0.4 is 11.1 Å². The monoisotopic (exact) mass is 380 g/mol. The predicted molar refractivity (Wildman–Crippen MR) is 102 cm³/mol. The predicted octanol–water partition coefficient (Wildman–Crippen LogP) is 1.56. The number of nitrogen functional groups attached to an aromatic ring is 1. The molecule has 4 rings (SSSR count). The van der Waals surface area contributed by atoms with E-state index in [1.807, 2.05) is 29.8 Å². The van der Waals surface area contributed by atoms with Crippen molar-refractivity contribution < 1.29 is 9.63 Å². The zero-order valence-corrected chi connectivity index (χ0v) is 15.5. The maximum Gasteiger partial charge on any atom is 0.223 e. The fourth-order valence-corrected chi connectivity index (χ4v) is 3.03. The van der Waals surface area contributed by atoms with Gasteiger partial charge in [-0.05, 0) is 23.6 Å². The number of rotatable bonds is 6. The number of hydrogen-bond donors (Lipinski definition) is 3. The Kier molecular flexibility index (Phi) is 4.62. The van der Waals surface area contributed by atoms with Gasteiger partial charge < -0.3 is 20.7 Å². The second-order valence-corrected chi connectivity index (χ2v) is 6.47. The van der Waals surface area contributed by atoms with Gasteiger partial charge >= 0.3 is 0 Å². The van der Waals surface area contributed by atoms with Gasteiger partial charge in [-0.1, -0.05) is 23.4 Å². The van der Waals surface area contributed by atoms with E-state index in [-0.39, 0.29) is 12.6 Å². The van der Waals surface area contributed by atoms with Gasteiger partial charge in [-0.2, -0.15) is 15.1 Å². The van der Waals surface area contributed by atoms with Crippen LogP contribution in [0.25, 0.3) is 11.0 Å². The van der Waals surface area contributed by atoms with E-state index >= 15 is 0 Å². The number of aliphatic hydroxyl groups is 1. The third-order valence-electron chi connectivity index (χ3n) is 4.40. The Balaban J connectivity index is 1.67. The first kappa shape index (κ1) is 17.9. The van der Waals surface area contributed by atoms with Crippen molar-refractivity contribution in [1.82, 2.24) is 29.9 Å². The van der Waals surface area contributed by atoms with Crippen LogP contribution in [0.2, 0.25) is 0 Å².